The zero-order valence-corrected chi connectivity index (χ0v) is 22.7. The number of carbonyl (C=O) groups is 6. The van der Waals surface area contributed by atoms with Gasteiger partial charge in [0.05, 0.1) is 25.9 Å². The van der Waals surface area contributed by atoms with Crippen molar-refractivity contribution in [3.63, 3.8) is 0 Å². The molecule has 0 spiro atoms. The smallest absolute Gasteiger partial charge is 0.313 e. The minimum Gasteiger partial charge on any atom is -0.466 e. The minimum absolute atomic E-state index is 0. The van der Waals surface area contributed by atoms with Crippen LogP contribution in [0.3, 0.4) is 0 Å². The Morgan fingerprint density at radius 1 is 0.606 bits per heavy atom. The van der Waals surface area contributed by atoms with E-state index in [1.165, 1.54) is 20.8 Å². The predicted octanol–water partition coefficient (Wildman–Crippen LogP) is 2.36. The van der Waals surface area contributed by atoms with Crippen molar-refractivity contribution < 1.29 is 69.8 Å². The molecule has 0 saturated heterocycles. The molecule has 0 saturated carbocycles. The number of esters is 3. The molecule has 1 N–H and O–H groups in total. The van der Waals surface area contributed by atoms with Crippen LogP contribution in [-0.2, 0) is 64.7 Å². The van der Waals surface area contributed by atoms with Crippen molar-refractivity contribution in [1.29, 1.82) is 0 Å². The van der Waals surface area contributed by atoms with Crippen LogP contribution in [0.4, 0.5) is 0 Å². The van der Waals surface area contributed by atoms with Gasteiger partial charge in [-0.2, -0.15) is 0 Å². The Kier molecular flexibility index (Phi) is 37.7. The van der Waals surface area contributed by atoms with Crippen LogP contribution < -0.4 is 0 Å². The summed E-state index contributed by atoms with van der Waals surface area (Å²) in [4.78, 5) is 61.9. The van der Waals surface area contributed by atoms with E-state index in [2.05, 4.69) is 14.2 Å². The molecular weight excluding hydrogens is 472 g/mol. The van der Waals surface area contributed by atoms with Gasteiger partial charge in [-0.25, -0.2) is 0 Å². The molecule has 0 aromatic heterocycles. The SMILES string of the molecule is CCC(C)O.CCOC(=O)CC(C)=O.CCOC(=O)CC(C)=O.CCOC(=O)CC(C)=O.[Ti]. The molecule has 33 heavy (non-hydrogen) atoms. The van der Waals surface area contributed by atoms with E-state index < -0.39 is 17.9 Å². The van der Waals surface area contributed by atoms with Crippen LogP contribution >= 0.6 is 0 Å². The number of aliphatic hydroxyl groups is 1. The van der Waals surface area contributed by atoms with E-state index in [-0.39, 0.29) is 64.4 Å². The number of rotatable bonds is 10. The fourth-order valence-corrected chi connectivity index (χ4v) is 1.25. The Hall–Kier alpha value is -1.91. The summed E-state index contributed by atoms with van der Waals surface area (Å²) in [6.07, 6.45) is 0.435. The van der Waals surface area contributed by atoms with E-state index in [0.717, 1.165) is 6.42 Å². The molecule has 0 aromatic carbocycles. The first-order chi connectivity index (χ1) is 14.8. The van der Waals surface area contributed by atoms with Gasteiger partial charge in [0.25, 0.3) is 0 Å². The van der Waals surface area contributed by atoms with Crippen LogP contribution in [-0.4, -0.2) is 66.3 Å². The van der Waals surface area contributed by atoms with E-state index in [1.54, 1.807) is 27.7 Å². The van der Waals surface area contributed by atoms with Gasteiger partial charge in [0.2, 0.25) is 0 Å². The van der Waals surface area contributed by atoms with Crippen LogP contribution in [0.15, 0.2) is 0 Å². The van der Waals surface area contributed by atoms with E-state index in [0.29, 0.717) is 19.8 Å². The number of hydrogen-bond acceptors (Lipinski definition) is 10. The third kappa shape index (κ3) is 53.4. The standard InChI is InChI=1S/3C6H10O3.C4H10O.Ti/c3*1-3-9-6(8)4-5(2)7;1-3-4(2)5;/h3*3-4H2,1-2H3;4-5H,3H2,1-2H3;. The average Bonchev–Trinajstić information content (AvgIpc) is 2.62. The van der Waals surface area contributed by atoms with Crippen molar-refractivity contribution in [2.45, 2.75) is 87.2 Å². The maximum Gasteiger partial charge on any atom is 0.313 e. The Labute approximate surface area is 212 Å². The van der Waals surface area contributed by atoms with Crippen LogP contribution in [0, 0.1) is 0 Å². The number of ether oxygens (including phenoxy) is 3. The van der Waals surface area contributed by atoms with Crippen LogP contribution in [0.2, 0.25) is 0 Å². The molecule has 0 aliphatic carbocycles. The van der Waals surface area contributed by atoms with Crippen molar-refractivity contribution >= 4 is 35.3 Å². The molecule has 10 nitrogen and oxygen atoms in total. The predicted molar refractivity (Wildman–Crippen MR) is 118 cm³/mol. The van der Waals surface area contributed by atoms with Gasteiger partial charge in [0.15, 0.2) is 0 Å². The fraction of sp³-hybridized carbons (Fsp3) is 0.727. The second-order valence-electron chi connectivity index (χ2n) is 6.31. The Morgan fingerprint density at radius 3 is 0.879 bits per heavy atom. The molecule has 0 aliphatic rings. The molecule has 0 heterocycles. The number of Topliss-reactive ketones (excluding diaryl/α,β-unsaturated/α-hetero) is 3. The Balaban J connectivity index is -0.000000107. The topological polar surface area (TPSA) is 150 Å². The summed E-state index contributed by atoms with van der Waals surface area (Å²) in [5, 5.41) is 8.36. The molecule has 0 fully saturated rings. The molecule has 1 unspecified atom stereocenters. The van der Waals surface area contributed by atoms with E-state index in [4.69, 9.17) is 5.11 Å². The molecule has 0 bridgehead atoms. The second kappa shape index (κ2) is 30.1. The van der Waals surface area contributed by atoms with Gasteiger partial charge >= 0.3 is 17.9 Å². The van der Waals surface area contributed by atoms with Crippen molar-refractivity contribution in [3.8, 4) is 0 Å². The zero-order chi connectivity index (χ0) is 26.1. The monoisotopic (exact) mass is 512 g/mol. The molecule has 0 amide bonds. The summed E-state index contributed by atoms with van der Waals surface area (Å²) in [6, 6.07) is 0. The average molecular weight is 512 g/mol. The molecule has 0 aliphatic heterocycles. The van der Waals surface area contributed by atoms with Gasteiger partial charge in [-0.1, -0.05) is 6.92 Å². The van der Waals surface area contributed by atoms with Crippen molar-refractivity contribution in [2.24, 2.45) is 0 Å². The summed E-state index contributed by atoms with van der Waals surface area (Å²) in [5.41, 5.74) is 0. The number of aliphatic hydroxyl groups excluding tert-OH is 1. The largest absolute Gasteiger partial charge is 0.466 e. The maximum atomic E-state index is 10.4. The van der Waals surface area contributed by atoms with Gasteiger partial charge in [-0.3, -0.25) is 28.8 Å². The summed E-state index contributed by atoms with van der Waals surface area (Å²) >= 11 is 0. The van der Waals surface area contributed by atoms with E-state index in [9.17, 15) is 28.8 Å². The zero-order valence-electron chi connectivity index (χ0n) is 21.1. The van der Waals surface area contributed by atoms with Gasteiger partial charge < -0.3 is 19.3 Å². The normalized spacial score (nSPS) is 9.36. The molecule has 11 heteroatoms. The second-order valence-corrected chi connectivity index (χ2v) is 6.31. The molecular formula is C22H40O10Ti. The van der Waals surface area contributed by atoms with Gasteiger partial charge in [0.1, 0.15) is 36.6 Å². The summed E-state index contributed by atoms with van der Waals surface area (Å²) in [7, 11) is 0. The molecule has 0 aromatic rings. The minimum atomic E-state index is -0.440. The van der Waals surface area contributed by atoms with Crippen molar-refractivity contribution in [2.75, 3.05) is 19.8 Å². The first-order valence-electron chi connectivity index (χ1n) is 10.4. The van der Waals surface area contributed by atoms with Crippen molar-refractivity contribution in [3.05, 3.63) is 0 Å². The summed E-state index contributed by atoms with van der Waals surface area (Å²) < 4.78 is 13.5. The molecule has 1 atom stereocenters. The summed E-state index contributed by atoms with van der Waals surface area (Å²) in [5.74, 6) is -1.80. The van der Waals surface area contributed by atoms with Crippen molar-refractivity contribution in [1.82, 2.24) is 0 Å². The first kappa shape index (κ1) is 41.4. The van der Waals surface area contributed by atoms with Gasteiger partial charge in [-0.05, 0) is 54.9 Å². The van der Waals surface area contributed by atoms with Gasteiger partial charge in [-0.15, -0.1) is 0 Å². The molecule has 192 valence electrons. The third-order valence-corrected chi connectivity index (χ3v) is 2.69. The number of hydrogen-bond donors (Lipinski definition) is 1. The number of carbonyl (C=O) groups excluding carboxylic acids is 6. The van der Waals surface area contributed by atoms with E-state index in [1.807, 2.05) is 6.92 Å². The van der Waals surface area contributed by atoms with Crippen LogP contribution in [0.5, 0.6) is 0 Å². The van der Waals surface area contributed by atoms with Gasteiger partial charge in [0, 0.05) is 21.7 Å². The fourth-order valence-electron chi connectivity index (χ4n) is 1.25. The maximum absolute atomic E-state index is 10.4. The first-order valence-corrected chi connectivity index (χ1v) is 10.4. The van der Waals surface area contributed by atoms with Crippen LogP contribution in [0.1, 0.15) is 81.1 Å². The quantitative estimate of drug-likeness (QED) is 0.200. The summed E-state index contributed by atoms with van der Waals surface area (Å²) in [6.45, 7) is 13.9. The molecule has 0 rings (SSSR count). The Morgan fingerprint density at radius 2 is 0.788 bits per heavy atom. The third-order valence-electron chi connectivity index (χ3n) is 2.69. The van der Waals surface area contributed by atoms with E-state index >= 15 is 0 Å². The van der Waals surface area contributed by atoms with Crippen LogP contribution in [0.25, 0.3) is 0 Å². The Bertz CT molecular complexity index is 488. The number of ketones is 3. The molecule has 0 radical (unpaired) electrons.